The van der Waals surface area contributed by atoms with E-state index in [4.69, 9.17) is 4.74 Å². The Morgan fingerprint density at radius 2 is 2.39 bits per heavy atom. The molecular weight excluding hydrogens is 248 g/mol. The zero-order valence-corrected chi connectivity index (χ0v) is 11.9. The van der Waals surface area contributed by atoms with Crippen molar-refractivity contribution in [2.24, 2.45) is 0 Å². The molecule has 18 heavy (non-hydrogen) atoms. The van der Waals surface area contributed by atoms with Crippen molar-refractivity contribution in [1.29, 1.82) is 0 Å². The van der Waals surface area contributed by atoms with Gasteiger partial charge in [-0.25, -0.2) is 0 Å². The number of ether oxygens (including phenoxy) is 1. The minimum Gasteiger partial charge on any atom is -0.378 e. The molecule has 0 radical (unpaired) electrons. The van der Waals surface area contributed by atoms with E-state index in [1.165, 1.54) is 12.2 Å². The van der Waals surface area contributed by atoms with Gasteiger partial charge in [-0.3, -0.25) is 4.79 Å². The van der Waals surface area contributed by atoms with E-state index < -0.39 is 0 Å². The van der Waals surface area contributed by atoms with Crippen LogP contribution in [0.4, 0.5) is 0 Å². The molecule has 3 atom stereocenters. The van der Waals surface area contributed by atoms with Gasteiger partial charge in [-0.05, 0) is 25.0 Å². The van der Waals surface area contributed by atoms with Gasteiger partial charge in [0, 0.05) is 30.3 Å². The smallest absolute Gasteiger partial charge is 0.221 e. The summed E-state index contributed by atoms with van der Waals surface area (Å²) in [7, 11) is 0. The average molecular weight is 272 g/mol. The first-order valence-corrected chi connectivity index (χ1v) is 8.05. The molecule has 0 aromatic heterocycles. The monoisotopic (exact) mass is 272 g/mol. The number of morpholine rings is 1. The number of thioether (sulfide) groups is 1. The lowest BCUT2D eigenvalue weighted by Crippen LogP contribution is -2.45. The van der Waals surface area contributed by atoms with Crippen LogP contribution < -0.4 is 10.6 Å². The van der Waals surface area contributed by atoms with E-state index in [1.807, 2.05) is 11.8 Å². The van der Waals surface area contributed by atoms with Crippen LogP contribution in [0.1, 0.15) is 32.6 Å². The Labute approximate surface area is 114 Å². The summed E-state index contributed by atoms with van der Waals surface area (Å²) in [6, 6.07) is 0.590. The lowest BCUT2D eigenvalue weighted by molar-refractivity contribution is -0.122. The van der Waals surface area contributed by atoms with Crippen LogP contribution in [-0.2, 0) is 9.53 Å². The van der Waals surface area contributed by atoms with Crippen molar-refractivity contribution < 1.29 is 9.53 Å². The Balaban J connectivity index is 1.65. The number of carbonyl (C=O) groups excluding carboxylic acids is 1. The van der Waals surface area contributed by atoms with Gasteiger partial charge in [-0.15, -0.1) is 0 Å². The van der Waals surface area contributed by atoms with E-state index in [1.54, 1.807) is 0 Å². The quantitative estimate of drug-likeness (QED) is 0.788. The Kier molecular flexibility index (Phi) is 5.79. The minimum absolute atomic E-state index is 0.171. The molecule has 1 saturated carbocycles. The highest BCUT2D eigenvalue weighted by Crippen LogP contribution is 2.29. The summed E-state index contributed by atoms with van der Waals surface area (Å²) in [5.74, 6) is 1.35. The van der Waals surface area contributed by atoms with Crippen LogP contribution in [0, 0.1) is 0 Å². The predicted octanol–water partition coefficient (Wildman–Crippen LogP) is 1.16. The van der Waals surface area contributed by atoms with Gasteiger partial charge in [0.05, 0.1) is 13.2 Å². The third-order valence-corrected chi connectivity index (χ3v) is 4.82. The number of carbonyl (C=O) groups is 1. The molecule has 1 saturated heterocycles. The van der Waals surface area contributed by atoms with Gasteiger partial charge in [0.2, 0.25) is 5.91 Å². The molecular formula is C13H24N2O2S. The first-order chi connectivity index (χ1) is 8.78. The Morgan fingerprint density at radius 1 is 1.50 bits per heavy atom. The highest BCUT2D eigenvalue weighted by molar-refractivity contribution is 7.99. The van der Waals surface area contributed by atoms with Gasteiger partial charge in [-0.1, -0.05) is 6.92 Å². The van der Waals surface area contributed by atoms with E-state index in [2.05, 4.69) is 17.6 Å². The van der Waals surface area contributed by atoms with Crippen molar-refractivity contribution in [2.75, 3.05) is 25.5 Å². The van der Waals surface area contributed by atoms with Crippen molar-refractivity contribution in [3.05, 3.63) is 0 Å². The summed E-state index contributed by atoms with van der Waals surface area (Å²) in [6.07, 6.45) is 4.06. The Bertz CT molecular complexity index is 270. The molecule has 2 rings (SSSR count). The molecule has 2 aliphatic rings. The van der Waals surface area contributed by atoms with Crippen LogP contribution in [0.25, 0.3) is 0 Å². The molecule has 0 bridgehead atoms. The van der Waals surface area contributed by atoms with Crippen molar-refractivity contribution in [3.8, 4) is 0 Å². The summed E-state index contributed by atoms with van der Waals surface area (Å²) in [6.45, 7) is 4.48. The molecule has 1 heterocycles. The molecule has 4 nitrogen and oxygen atoms in total. The highest BCUT2D eigenvalue weighted by atomic mass is 32.2. The van der Waals surface area contributed by atoms with E-state index >= 15 is 0 Å². The van der Waals surface area contributed by atoms with Crippen LogP contribution in [-0.4, -0.2) is 48.8 Å². The first kappa shape index (κ1) is 14.2. The highest BCUT2D eigenvalue weighted by Gasteiger charge is 2.26. The second-order valence-electron chi connectivity index (χ2n) is 5.08. The van der Waals surface area contributed by atoms with Crippen molar-refractivity contribution in [1.82, 2.24) is 10.6 Å². The lowest BCUT2D eigenvalue weighted by Gasteiger charge is -2.24. The summed E-state index contributed by atoms with van der Waals surface area (Å²) in [5.41, 5.74) is 0. The molecule has 1 aliphatic heterocycles. The Hall–Kier alpha value is -0.260. The fourth-order valence-electron chi connectivity index (χ4n) is 2.72. The minimum atomic E-state index is 0.171. The van der Waals surface area contributed by atoms with Crippen molar-refractivity contribution in [2.45, 2.75) is 49.9 Å². The summed E-state index contributed by atoms with van der Waals surface area (Å²) < 4.78 is 5.36. The van der Waals surface area contributed by atoms with Gasteiger partial charge < -0.3 is 15.4 Å². The normalized spacial score (nSPS) is 32.4. The van der Waals surface area contributed by atoms with E-state index in [9.17, 15) is 4.79 Å². The topological polar surface area (TPSA) is 50.4 Å². The molecule has 1 amide bonds. The molecule has 2 fully saturated rings. The van der Waals surface area contributed by atoms with Crippen LogP contribution >= 0.6 is 11.8 Å². The fourth-order valence-corrected chi connectivity index (χ4v) is 3.86. The Morgan fingerprint density at radius 3 is 3.11 bits per heavy atom. The van der Waals surface area contributed by atoms with Gasteiger partial charge >= 0.3 is 0 Å². The van der Waals surface area contributed by atoms with E-state index in [-0.39, 0.29) is 11.9 Å². The maximum Gasteiger partial charge on any atom is 0.221 e. The van der Waals surface area contributed by atoms with Gasteiger partial charge in [0.1, 0.15) is 0 Å². The van der Waals surface area contributed by atoms with E-state index in [0.717, 1.165) is 31.2 Å². The third-order valence-electron chi connectivity index (χ3n) is 3.58. The third kappa shape index (κ3) is 4.44. The SMILES string of the molecule is CCSC1CCC(NC(=O)CC2COCCN2)C1. The second-order valence-corrected chi connectivity index (χ2v) is 6.66. The maximum atomic E-state index is 11.9. The number of amides is 1. The maximum absolute atomic E-state index is 11.9. The van der Waals surface area contributed by atoms with Crippen LogP contribution in [0.5, 0.6) is 0 Å². The van der Waals surface area contributed by atoms with Crippen molar-refractivity contribution in [3.63, 3.8) is 0 Å². The summed E-state index contributed by atoms with van der Waals surface area (Å²) in [5, 5.41) is 7.23. The van der Waals surface area contributed by atoms with Gasteiger partial charge in [-0.2, -0.15) is 11.8 Å². The zero-order valence-electron chi connectivity index (χ0n) is 11.1. The fraction of sp³-hybridized carbons (Fsp3) is 0.923. The second kappa shape index (κ2) is 7.36. The molecule has 0 spiro atoms. The largest absolute Gasteiger partial charge is 0.378 e. The summed E-state index contributed by atoms with van der Waals surface area (Å²) in [4.78, 5) is 11.9. The standard InChI is InChI=1S/C13H24N2O2S/c1-2-18-12-4-3-10(7-12)15-13(16)8-11-9-17-6-5-14-11/h10-12,14H,2-9H2,1H3,(H,15,16). The number of hydrogen-bond acceptors (Lipinski definition) is 4. The zero-order chi connectivity index (χ0) is 12.8. The molecule has 2 N–H and O–H groups in total. The molecule has 3 unspecified atom stereocenters. The number of nitrogens with one attached hydrogen (secondary N) is 2. The predicted molar refractivity (Wildman–Crippen MR) is 74.9 cm³/mol. The van der Waals surface area contributed by atoms with Gasteiger partial charge in [0.15, 0.2) is 0 Å². The van der Waals surface area contributed by atoms with Crippen LogP contribution in [0.3, 0.4) is 0 Å². The molecule has 1 aliphatic carbocycles. The van der Waals surface area contributed by atoms with Crippen LogP contribution in [0.2, 0.25) is 0 Å². The lowest BCUT2D eigenvalue weighted by atomic mass is 10.1. The number of rotatable bonds is 5. The van der Waals surface area contributed by atoms with Crippen molar-refractivity contribution >= 4 is 17.7 Å². The van der Waals surface area contributed by atoms with Crippen LogP contribution in [0.15, 0.2) is 0 Å². The molecule has 5 heteroatoms. The number of hydrogen-bond donors (Lipinski definition) is 2. The van der Waals surface area contributed by atoms with Gasteiger partial charge in [0.25, 0.3) is 0 Å². The molecule has 0 aromatic carbocycles. The average Bonchev–Trinajstić information content (AvgIpc) is 2.78. The van der Waals surface area contributed by atoms with E-state index in [0.29, 0.717) is 19.1 Å². The first-order valence-electron chi connectivity index (χ1n) is 7.00. The summed E-state index contributed by atoms with van der Waals surface area (Å²) >= 11 is 2.02. The molecule has 104 valence electrons. The molecule has 0 aromatic rings.